The van der Waals surface area contributed by atoms with Gasteiger partial charge in [-0.2, -0.15) is 0 Å². The molecule has 0 aliphatic rings. The molecular formula is C13H12BrClN2O. The summed E-state index contributed by atoms with van der Waals surface area (Å²) in [6.45, 7) is 0.644. The Morgan fingerprint density at radius 2 is 2.22 bits per heavy atom. The van der Waals surface area contributed by atoms with Crippen molar-refractivity contribution in [2.45, 2.75) is 6.54 Å². The first-order valence-electron chi connectivity index (χ1n) is 5.37. The van der Waals surface area contributed by atoms with Gasteiger partial charge in [0.15, 0.2) is 0 Å². The molecule has 1 heterocycles. The van der Waals surface area contributed by atoms with Crippen molar-refractivity contribution in [3.63, 3.8) is 0 Å². The van der Waals surface area contributed by atoms with Crippen molar-refractivity contribution in [1.29, 1.82) is 0 Å². The summed E-state index contributed by atoms with van der Waals surface area (Å²) >= 11 is 9.39. The minimum absolute atomic E-state index is 0.590. The third-order valence-corrected chi connectivity index (χ3v) is 3.12. The van der Waals surface area contributed by atoms with E-state index in [-0.39, 0.29) is 0 Å². The lowest BCUT2D eigenvalue weighted by Gasteiger charge is -2.08. The lowest BCUT2D eigenvalue weighted by Crippen LogP contribution is -2.02. The van der Waals surface area contributed by atoms with Crippen molar-refractivity contribution < 1.29 is 4.74 Å². The standard InChI is InChI=1S/C13H12BrClN2O/c1-18-11-4-2-3-9(5-11)7-16-13-12(15)6-10(14)8-17-13/h2-6,8H,7H2,1H3,(H,16,17). The normalized spacial score (nSPS) is 10.2. The highest BCUT2D eigenvalue weighted by atomic mass is 79.9. The van der Waals surface area contributed by atoms with Gasteiger partial charge in [-0.1, -0.05) is 23.7 Å². The Morgan fingerprint density at radius 3 is 2.94 bits per heavy atom. The van der Waals surface area contributed by atoms with Gasteiger partial charge in [0.25, 0.3) is 0 Å². The molecule has 18 heavy (non-hydrogen) atoms. The summed E-state index contributed by atoms with van der Waals surface area (Å²) in [4.78, 5) is 4.21. The van der Waals surface area contributed by atoms with Gasteiger partial charge in [0.05, 0.1) is 12.1 Å². The first-order chi connectivity index (χ1) is 8.69. The van der Waals surface area contributed by atoms with Gasteiger partial charge in [-0.15, -0.1) is 0 Å². The van der Waals surface area contributed by atoms with Gasteiger partial charge in [-0.25, -0.2) is 4.98 Å². The number of hydrogen-bond donors (Lipinski definition) is 1. The molecule has 0 spiro atoms. The quantitative estimate of drug-likeness (QED) is 0.917. The number of anilines is 1. The third-order valence-electron chi connectivity index (χ3n) is 2.40. The second kappa shape index (κ2) is 6.07. The van der Waals surface area contributed by atoms with Crippen LogP contribution in [-0.4, -0.2) is 12.1 Å². The molecule has 0 amide bonds. The highest BCUT2D eigenvalue weighted by Crippen LogP contribution is 2.23. The number of rotatable bonds is 4. The highest BCUT2D eigenvalue weighted by molar-refractivity contribution is 9.10. The Kier molecular flexibility index (Phi) is 4.44. The van der Waals surface area contributed by atoms with Crippen LogP contribution in [0.2, 0.25) is 5.02 Å². The van der Waals surface area contributed by atoms with Crippen LogP contribution in [-0.2, 0) is 6.54 Å². The van der Waals surface area contributed by atoms with Gasteiger partial charge in [0.1, 0.15) is 11.6 Å². The first-order valence-corrected chi connectivity index (χ1v) is 6.54. The molecule has 0 atom stereocenters. The molecule has 1 N–H and O–H groups in total. The molecule has 1 aromatic heterocycles. The van der Waals surface area contributed by atoms with Crippen molar-refractivity contribution in [3.8, 4) is 5.75 Å². The molecule has 2 rings (SSSR count). The van der Waals surface area contributed by atoms with Crippen LogP contribution >= 0.6 is 27.5 Å². The van der Waals surface area contributed by atoms with Gasteiger partial charge >= 0.3 is 0 Å². The molecule has 0 saturated carbocycles. The molecule has 0 radical (unpaired) electrons. The van der Waals surface area contributed by atoms with Gasteiger partial charge in [-0.05, 0) is 39.7 Å². The fourth-order valence-electron chi connectivity index (χ4n) is 1.51. The predicted octanol–water partition coefficient (Wildman–Crippen LogP) is 4.12. The number of methoxy groups -OCH3 is 1. The molecule has 0 aliphatic heterocycles. The van der Waals surface area contributed by atoms with Crippen LogP contribution in [0.25, 0.3) is 0 Å². The van der Waals surface area contributed by atoms with E-state index in [1.54, 1.807) is 13.3 Å². The Morgan fingerprint density at radius 1 is 1.39 bits per heavy atom. The number of nitrogens with zero attached hydrogens (tertiary/aromatic N) is 1. The van der Waals surface area contributed by atoms with E-state index in [4.69, 9.17) is 16.3 Å². The number of aromatic nitrogens is 1. The topological polar surface area (TPSA) is 34.1 Å². The van der Waals surface area contributed by atoms with E-state index in [1.807, 2.05) is 30.3 Å². The summed E-state index contributed by atoms with van der Waals surface area (Å²) in [7, 11) is 1.65. The molecule has 0 unspecified atom stereocenters. The zero-order chi connectivity index (χ0) is 13.0. The number of nitrogens with one attached hydrogen (secondary N) is 1. The summed E-state index contributed by atoms with van der Waals surface area (Å²) in [5.74, 6) is 1.51. The van der Waals surface area contributed by atoms with Gasteiger partial charge in [0, 0.05) is 17.2 Å². The number of halogens is 2. The first kappa shape index (κ1) is 13.2. The molecule has 94 valence electrons. The average Bonchev–Trinajstić information content (AvgIpc) is 2.38. The Hall–Kier alpha value is -1.26. The van der Waals surface area contributed by atoms with E-state index < -0.39 is 0 Å². The molecule has 0 bridgehead atoms. The van der Waals surface area contributed by atoms with E-state index in [0.717, 1.165) is 15.8 Å². The zero-order valence-electron chi connectivity index (χ0n) is 9.78. The van der Waals surface area contributed by atoms with E-state index in [0.29, 0.717) is 17.4 Å². The second-order valence-corrected chi connectivity index (χ2v) is 5.01. The smallest absolute Gasteiger partial charge is 0.145 e. The lowest BCUT2D eigenvalue weighted by molar-refractivity contribution is 0.414. The average molecular weight is 328 g/mol. The maximum absolute atomic E-state index is 6.07. The van der Waals surface area contributed by atoms with Crippen LogP contribution in [0.3, 0.4) is 0 Å². The molecule has 3 nitrogen and oxygen atoms in total. The molecule has 5 heteroatoms. The predicted molar refractivity (Wildman–Crippen MR) is 77.3 cm³/mol. The zero-order valence-corrected chi connectivity index (χ0v) is 12.1. The fourth-order valence-corrected chi connectivity index (χ4v) is 2.21. The van der Waals surface area contributed by atoms with Crippen LogP contribution in [0, 0.1) is 0 Å². The van der Waals surface area contributed by atoms with Crippen molar-refractivity contribution in [2.24, 2.45) is 0 Å². The monoisotopic (exact) mass is 326 g/mol. The third kappa shape index (κ3) is 3.37. The maximum atomic E-state index is 6.07. The minimum Gasteiger partial charge on any atom is -0.497 e. The van der Waals surface area contributed by atoms with Crippen LogP contribution < -0.4 is 10.1 Å². The van der Waals surface area contributed by atoms with Gasteiger partial charge in [-0.3, -0.25) is 0 Å². The summed E-state index contributed by atoms with van der Waals surface area (Å²) in [6.07, 6.45) is 1.71. The molecular weight excluding hydrogens is 316 g/mol. The van der Waals surface area contributed by atoms with Crippen LogP contribution in [0.1, 0.15) is 5.56 Å². The molecule has 0 aliphatic carbocycles. The maximum Gasteiger partial charge on any atom is 0.145 e. The van der Waals surface area contributed by atoms with E-state index >= 15 is 0 Å². The van der Waals surface area contributed by atoms with Crippen LogP contribution in [0.15, 0.2) is 41.0 Å². The second-order valence-electron chi connectivity index (χ2n) is 3.69. The SMILES string of the molecule is COc1cccc(CNc2ncc(Br)cc2Cl)c1. The van der Waals surface area contributed by atoms with E-state index in [2.05, 4.69) is 26.2 Å². The Labute approximate surface area is 119 Å². The van der Waals surface area contributed by atoms with Crippen molar-refractivity contribution in [2.75, 3.05) is 12.4 Å². The number of benzene rings is 1. The molecule has 0 saturated heterocycles. The van der Waals surface area contributed by atoms with Crippen molar-refractivity contribution in [1.82, 2.24) is 4.98 Å². The fraction of sp³-hybridized carbons (Fsp3) is 0.154. The summed E-state index contributed by atoms with van der Waals surface area (Å²) in [6, 6.07) is 9.66. The number of ether oxygens (including phenoxy) is 1. The highest BCUT2D eigenvalue weighted by Gasteiger charge is 2.02. The summed E-state index contributed by atoms with van der Waals surface area (Å²) < 4.78 is 6.03. The molecule has 2 aromatic rings. The largest absolute Gasteiger partial charge is 0.497 e. The van der Waals surface area contributed by atoms with Gasteiger partial charge in [0.2, 0.25) is 0 Å². The van der Waals surface area contributed by atoms with Crippen molar-refractivity contribution >= 4 is 33.3 Å². The molecule has 0 fully saturated rings. The Balaban J connectivity index is 2.06. The minimum atomic E-state index is 0.590. The number of hydrogen-bond acceptors (Lipinski definition) is 3. The summed E-state index contributed by atoms with van der Waals surface area (Å²) in [5.41, 5.74) is 1.11. The Bertz CT molecular complexity index is 548. The van der Waals surface area contributed by atoms with Gasteiger partial charge < -0.3 is 10.1 Å². The molecule has 1 aromatic carbocycles. The van der Waals surface area contributed by atoms with Crippen LogP contribution in [0.5, 0.6) is 5.75 Å². The lowest BCUT2D eigenvalue weighted by atomic mass is 10.2. The van der Waals surface area contributed by atoms with Crippen LogP contribution in [0.4, 0.5) is 5.82 Å². The summed E-state index contributed by atoms with van der Waals surface area (Å²) in [5, 5.41) is 3.78. The number of pyridine rings is 1. The van der Waals surface area contributed by atoms with Crippen molar-refractivity contribution in [3.05, 3.63) is 51.6 Å². The van der Waals surface area contributed by atoms with E-state index in [9.17, 15) is 0 Å². The van der Waals surface area contributed by atoms with E-state index in [1.165, 1.54) is 0 Å².